The van der Waals surface area contributed by atoms with Gasteiger partial charge in [0, 0.05) is 18.4 Å². The summed E-state index contributed by atoms with van der Waals surface area (Å²) in [6.07, 6.45) is 3.83. The molecule has 2 rings (SSSR count). The molecule has 2 aromatic rings. The second-order valence-corrected chi connectivity index (χ2v) is 4.87. The lowest BCUT2D eigenvalue weighted by molar-refractivity contribution is 0.917. The lowest BCUT2D eigenvalue weighted by Crippen LogP contribution is -2.15. The maximum atomic E-state index is 4.15. The summed E-state index contributed by atoms with van der Waals surface area (Å²) in [6.45, 7) is 7.91. The molecule has 0 saturated carbocycles. The van der Waals surface area contributed by atoms with Crippen LogP contribution in [0, 0.1) is 0 Å². The molecule has 102 valence electrons. The third-order valence-electron chi connectivity index (χ3n) is 3.45. The fourth-order valence-corrected chi connectivity index (χ4v) is 2.14. The lowest BCUT2D eigenvalue weighted by atomic mass is 10.0. The molecule has 0 amide bonds. The van der Waals surface area contributed by atoms with Crippen LogP contribution in [0.2, 0.25) is 0 Å². The van der Waals surface area contributed by atoms with Gasteiger partial charge in [-0.3, -0.25) is 0 Å². The predicted molar refractivity (Wildman–Crippen MR) is 88.9 cm³/mol. The van der Waals surface area contributed by atoms with Gasteiger partial charge in [-0.05, 0) is 36.1 Å². The SMILES string of the molecule is C=CCCC(=C)N(C)c1cccc(-c2ccccc2)c1. The number of anilines is 1. The molecule has 0 aliphatic heterocycles. The number of nitrogens with zero attached hydrogens (tertiary/aromatic N) is 1. The van der Waals surface area contributed by atoms with Crippen molar-refractivity contribution in [1.82, 2.24) is 0 Å². The van der Waals surface area contributed by atoms with Crippen molar-refractivity contribution in [3.8, 4) is 11.1 Å². The van der Waals surface area contributed by atoms with E-state index in [-0.39, 0.29) is 0 Å². The normalized spacial score (nSPS) is 10.1. The summed E-state index contributed by atoms with van der Waals surface area (Å²) in [4.78, 5) is 2.15. The Morgan fingerprint density at radius 3 is 2.45 bits per heavy atom. The maximum absolute atomic E-state index is 4.15. The Bertz CT molecular complexity index is 584. The van der Waals surface area contributed by atoms with Crippen LogP contribution in [0.25, 0.3) is 11.1 Å². The summed E-state index contributed by atoms with van der Waals surface area (Å²) in [5.41, 5.74) is 4.74. The van der Waals surface area contributed by atoms with Gasteiger partial charge in [-0.15, -0.1) is 6.58 Å². The standard InChI is InChI=1S/C19H21N/c1-4-5-10-16(2)20(3)19-14-9-13-18(15-19)17-11-7-6-8-12-17/h4,6-9,11-15H,1-2,5,10H2,3H3. The average molecular weight is 263 g/mol. The van der Waals surface area contributed by atoms with Crippen LogP contribution in [0.5, 0.6) is 0 Å². The molecule has 20 heavy (non-hydrogen) atoms. The first-order valence-corrected chi connectivity index (χ1v) is 6.90. The summed E-state index contributed by atoms with van der Waals surface area (Å²) < 4.78 is 0. The minimum atomic E-state index is 0.940. The highest BCUT2D eigenvalue weighted by molar-refractivity contribution is 5.69. The number of allylic oxidation sites excluding steroid dienone is 2. The van der Waals surface area contributed by atoms with Crippen LogP contribution in [0.3, 0.4) is 0 Å². The summed E-state index contributed by atoms with van der Waals surface area (Å²) in [6, 6.07) is 19.0. The van der Waals surface area contributed by atoms with Crippen molar-refractivity contribution >= 4 is 5.69 Å². The zero-order valence-corrected chi connectivity index (χ0v) is 12.0. The van der Waals surface area contributed by atoms with E-state index in [9.17, 15) is 0 Å². The van der Waals surface area contributed by atoms with Crippen LogP contribution in [-0.2, 0) is 0 Å². The highest BCUT2D eigenvalue weighted by Gasteiger charge is 2.06. The van der Waals surface area contributed by atoms with Gasteiger partial charge in [-0.2, -0.15) is 0 Å². The van der Waals surface area contributed by atoms with Crippen molar-refractivity contribution < 1.29 is 0 Å². The minimum Gasteiger partial charge on any atom is -0.349 e. The highest BCUT2D eigenvalue weighted by Crippen LogP contribution is 2.26. The van der Waals surface area contributed by atoms with E-state index in [1.807, 2.05) is 12.1 Å². The first-order valence-electron chi connectivity index (χ1n) is 6.90. The molecule has 0 aliphatic carbocycles. The second kappa shape index (κ2) is 6.76. The van der Waals surface area contributed by atoms with Gasteiger partial charge in [0.1, 0.15) is 0 Å². The Labute approximate surface area is 121 Å². The smallest absolute Gasteiger partial charge is 0.0411 e. The Kier molecular flexibility index (Phi) is 4.78. The molecule has 0 atom stereocenters. The van der Waals surface area contributed by atoms with E-state index in [2.05, 4.69) is 73.6 Å². The van der Waals surface area contributed by atoms with Crippen molar-refractivity contribution in [1.29, 1.82) is 0 Å². The number of benzene rings is 2. The van der Waals surface area contributed by atoms with Gasteiger partial charge < -0.3 is 4.90 Å². The summed E-state index contributed by atoms with van der Waals surface area (Å²) in [7, 11) is 2.07. The minimum absolute atomic E-state index is 0.940. The van der Waals surface area contributed by atoms with Crippen molar-refractivity contribution in [3.05, 3.63) is 79.5 Å². The third-order valence-corrected chi connectivity index (χ3v) is 3.45. The van der Waals surface area contributed by atoms with Gasteiger partial charge in [0.05, 0.1) is 0 Å². The highest BCUT2D eigenvalue weighted by atomic mass is 15.1. The zero-order valence-electron chi connectivity index (χ0n) is 12.0. The van der Waals surface area contributed by atoms with Gasteiger partial charge in [0.15, 0.2) is 0 Å². The van der Waals surface area contributed by atoms with Crippen molar-refractivity contribution in [3.63, 3.8) is 0 Å². The van der Waals surface area contributed by atoms with Crippen LogP contribution < -0.4 is 4.90 Å². The Morgan fingerprint density at radius 1 is 1.05 bits per heavy atom. The van der Waals surface area contributed by atoms with Gasteiger partial charge in [0.2, 0.25) is 0 Å². The molecule has 0 unspecified atom stereocenters. The summed E-state index contributed by atoms with van der Waals surface area (Å²) in [5, 5.41) is 0. The Hall–Kier alpha value is -2.28. The number of rotatable bonds is 6. The van der Waals surface area contributed by atoms with Crippen molar-refractivity contribution in [2.24, 2.45) is 0 Å². The van der Waals surface area contributed by atoms with Gasteiger partial charge >= 0.3 is 0 Å². The lowest BCUT2D eigenvalue weighted by Gasteiger charge is -2.22. The molecule has 0 aliphatic rings. The molecular formula is C19H21N. The van der Waals surface area contributed by atoms with E-state index in [0.717, 1.165) is 18.5 Å². The number of hydrogen-bond acceptors (Lipinski definition) is 1. The molecule has 0 fully saturated rings. The van der Waals surface area contributed by atoms with Crippen LogP contribution in [0.4, 0.5) is 5.69 Å². The largest absolute Gasteiger partial charge is 0.349 e. The van der Waals surface area contributed by atoms with Crippen molar-refractivity contribution in [2.75, 3.05) is 11.9 Å². The predicted octanol–water partition coefficient (Wildman–Crippen LogP) is 5.27. The molecule has 1 nitrogen and oxygen atoms in total. The molecule has 1 heteroatoms. The van der Waals surface area contributed by atoms with E-state index >= 15 is 0 Å². The van der Waals surface area contributed by atoms with Crippen molar-refractivity contribution in [2.45, 2.75) is 12.8 Å². The van der Waals surface area contributed by atoms with E-state index in [1.165, 1.54) is 16.8 Å². The maximum Gasteiger partial charge on any atom is 0.0411 e. The zero-order chi connectivity index (χ0) is 14.4. The average Bonchev–Trinajstić information content (AvgIpc) is 2.53. The summed E-state index contributed by atoms with van der Waals surface area (Å²) >= 11 is 0. The third kappa shape index (κ3) is 3.39. The van der Waals surface area contributed by atoms with Crippen LogP contribution >= 0.6 is 0 Å². The molecule has 0 heterocycles. The fourth-order valence-electron chi connectivity index (χ4n) is 2.14. The molecular weight excluding hydrogens is 242 g/mol. The molecule has 0 saturated heterocycles. The molecule has 2 aromatic carbocycles. The molecule has 0 bridgehead atoms. The topological polar surface area (TPSA) is 3.24 Å². The van der Waals surface area contributed by atoms with E-state index in [0.29, 0.717) is 0 Å². The second-order valence-electron chi connectivity index (χ2n) is 4.87. The van der Waals surface area contributed by atoms with Crippen LogP contribution in [0.1, 0.15) is 12.8 Å². The van der Waals surface area contributed by atoms with Gasteiger partial charge in [0.25, 0.3) is 0 Å². The molecule has 0 aromatic heterocycles. The Balaban J connectivity index is 2.21. The first kappa shape index (κ1) is 14.1. The molecule has 0 N–H and O–H groups in total. The quantitative estimate of drug-likeness (QED) is 0.642. The monoisotopic (exact) mass is 263 g/mol. The van der Waals surface area contributed by atoms with E-state index in [1.54, 1.807) is 0 Å². The fraction of sp³-hybridized carbons (Fsp3) is 0.158. The van der Waals surface area contributed by atoms with Crippen LogP contribution in [0.15, 0.2) is 79.5 Å². The summed E-state index contributed by atoms with van der Waals surface area (Å²) in [5.74, 6) is 0. The Morgan fingerprint density at radius 2 is 1.75 bits per heavy atom. The number of hydrogen-bond donors (Lipinski definition) is 0. The van der Waals surface area contributed by atoms with E-state index < -0.39 is 0 Å². The van der Waals surface area contributed by atoms with Gasteiger partial charge in [-0.25, -0.2) is 0 Å². The van der Waals surface area contributed by atoms with E-state index in [4.69, 9.17) is 0 Å². The van der Waals surface area contributed by atoms with Crippen LogP contribution in [-0.4, -0.2) is 7.05 Å². The van der Waals surface area contributed by atoms with Gasteiger partial charge in [-0.1, -0.05) is 55.1 Å². The molecule has 0 radical (unpaired) electrons. The molecule has 0 spiro atoms. The first-order chi connectivity index (χ1) is 9.72.